The highest BCUT2D eigenvalue weighted by atomic mass is 16.5. The number of anilines is 1. The molecule has 0 spiro atoms. The Morgan fingerprint density at radius 2 is 2.21 bits per heavy atom. The lowest BCUT2D eigenvalue weighted by Crippen LogP contribution is -2.34. The van der Waals surface area contributed by atoms with Crippen LogP contribution in [0.5, 0.6) is 5.75 Å². The highest BCUT2D eigenvalue weighted by Crippen LogP contribution is 2.31. The average molecular weight is 264 g/mol. The van der Waals surface area contributed by atoms with E-state index in [1.807, 2.05) is 26.0 Å². The van der Waals surface area contributed by atoms with Gasteiger partial charge in [0.15, 0.2) is 0 Å². The predicted molar refractivity (Wildman–Crippen MR) is 77.9 cm³/mol. The molecule has 2 N–H and O–H groups in total. The third-order valence-electron chi connectivity index (χ3n) is 3.30. The molecule has 0 radical (unpaired) electrons. The van der Waals surface area contributed by atoms with Crippen LogP contribution in [0.15, 0.2) is 24.3 Å². The van der Waals surface area contributed by atoms with Crippen LogP contribution in [0.4, 0.5) is 5.69 Å². The lowest BCUT2D eigenvalue weighted by Gasteiger charge is -2.23. The van der Waals surface area contributed by atoms with Crippen LogP contribution in [0.2, 0.25) is 0 Å². The van der Waals surface area contributed by atoms with Crippen molar-refractivity contribution in [2.75, 3.05) is 31.1 Å². The lowest BCUT2D eigenvalue weighted by atomic mass is 10.2. The van der Waals surface area contributed by atoms with Gasteiger partial charge in [-0.15, -0.1) is 0 Å². The summed E-state index contributed by atoms with van der Waals surface area (Å²) >= 11 is 0. The predicted octanol–water partition coefficient (Wildman–Crippen LogP) is 1.63. The highest BCUT2D eigenvalue weighted by Gasteiger charge is 2.24. The van der Waals surface area contributed by atoms with Crippen LogP contribution >= 0.6 is 0 Å². The van der Waals surface area contributed by atoms with Crippen molar-refractivity contribution >= 4 is 5.69 Å². The third kappa shape index (κ3) is 3.85. The van der Waals surface area contributed by atoms with Gasteiger partial charge in [-0.1, -0.05) is 12.1 Å². The topological polar surface area (TPSA) is 44.7 Å². The summed E-state index contributed by atoms with van der Waals surface area (Å²) in [4.78, 5) is 2.35. The third-order valence-corrected chi connectivity index (χ3v) is 3.30. The molecule has 1 aromatic rings. The monoisotopic (exact) mass is 264 g/mol. The highest BCUT2D eigenvalue weighted by molar-refractivity contribution is 5.59. The zero-order valence-electron chi connectivity index (χ0n) is 11.8. The van der Waals surface area contributed by atoms with Gasteiger partial charge in [0.05, 0.1) is 18.4 Å². The van der Waals surface area contributed by atoms with E-state index in [-0.39, 0.29) is 12.7 Å². The van der Waals surface area contributed by atoms with Gasteiger partial charge in [-0.05, 0) is 32.4 Å². The number of hydrogen-bond donors (Lipinski definition) is 2. The number of nitrogens with zero attached hydrogens (tertiary/aromatic N) is 1. The molecule has 1 atom stereocenters. The molecule has 1 heterocycles. The number of aliphatic hydroxyl groups is 1. The van der Waals surface area contributed by atoms with Gasteiger partial charge in [-0.3, -0.25) is 0 Å². The van der Waals surface area contributed by atoms with Gasteiger partial charge in [0.25, 0.3) is 0 Å². The van der Waals surface area contributed by atoms with Crippen molar-refractivity contribution in [3.05, 3.63) is 24.3 Å². The molecule has 0 aromatic heterocycles. The first-order chi connectivity index (χ1) is 9.20. The number of aliphatic hydroxyl groups excluding tert-OH is 1. The minimum atomic E-state index is 0.187. The van der Waals surface area contributed by atoms with E-state index in [1.54, 1.807) is 0 Å². The van der Waals surface area contributed by atoms with Crippen molar-refractivity contribution in [2.24, 2.45) is 0 Å². The van der Waals surface area contributed by atoms with Crippen molar-refractivity contribution in [1.29, 1.82) is 0 Å². The van der Waals surface area contributed by atoms with Crippen LogP contribution < -0.4 is 15.0 Å². The first-order valence-corrected chi connectivity index (χ1v) is 7.05. The molecule has 106 valence electrons. The molecule has 2 rings (SSSR count). The molecule has 4 nitrogen and oxygen atoms in total. The Kier molecular flexibility index (Phi) is 5.05. The Labute approximate surface area is 115 Å². The summed E-state index contributed by atoms with van der Waals surface area (Å²) in [6.07, 6.45) is 1.29. The molecule has 0 amide bonds. The summed E-state index contributed by atoms with van der Waals surface area (Å²) in [5.41, 5.74) is 1.17. The van der Waals surface area contributed by atoms with Crippen molar-refractivity contribution in [3.63, 3.8) is 0 Å². The second kappa shape index (κ2) is 6.78. The first-order valence-electron chi connectivity index (χ1n) is 7.05. The van der Waals surface area contributed by atoms with Crippen LogP contribution in [0.25, 0.3) is 0 Å². The van der Waals surface area contributed by atoms with Crippen molar-refractivity contribution in [1.82, 2.24) is 5.32 Å². The zero-order valence-corrected chi connectivity index (χ0v) is 11.8. The van der Waals surface area contributed by atoms with Gasteiger partial charge in [-0.25, -0.2) is 0 Å². The second-order valence-electron chi connectivity index (χ2n) is 5.24. The van der Waals surface area contributed by atoms with E-state index in [0.717, 1.165) is 25.3 Å². The number of rotatable bonds is 6. The van der Waals surface area contributed by atoms with Gasteiger partial charge in [0.1, 0.15) is 5.75 Å². The van der Waals surface area contributed by atoms with Gasteiger partial charge in [0, 0.05) is 25.7 Å². The molecule has 0 aliphatic carbocycles. The molecule has 4 heteroatoms. The number of ether oxygens (including phenoxy) is 1. The quantitative estimate of drug-likeness (QED) is 0.820. The smallest absolute Gasteiger partial charge is 0.142 e. The van der Waals surface area contributed by atoms with Crippen molar-refractivity contribution < 1.29 is 9.84 Å². The Morgan fingerprint density at radius 1 is 1.42 bits per heavy atom. The molecule has 0 saturated carbocycles. The van der Waals surface area contributed by atoms with E-state index < -0.39 is 0 Å². The standard InChI is InChI=1S/C15H24N2O2/c1-12(2)19-15-6-4-3-5-14(15)17-9-7-13(11-17)16-8-10-18/h3-6,12-13,16,18H,7-11H2,1-2H3. The van der Waals surface area contributed by atoms with Gasteiger partial charge in [0.2, 0.25) is 0 Å². The van der Waals surface area contributed by atoms with Crippen molar-refractivity contribution in [2.45, 2.75) is 32.4 Å². The maximum atomic E-state index is 8.86. The molecule has 1 unspecified atom stereocenters. The fourth-order valence-electron chi connectivity index (χ4n) is 2.49. The number of benzene rings is 1. The second-order valence-corrected chi connectivity index (χ2v) is 5.24. The van der Waals surface area contributed by atoms with Crippen LogP contribution in [-0.2, 0) is 0 Å². The number of hydrogen-bond acceptors (Lipinski definition) is 4. The summed E-state index contributed by atoms with van der Waals surface area (Å²) in [6, 6.07) is 8.67. The molecule has 1 saturated heterocycles. The summed E-state index contributed by atoms with van der Waals surface area (Å²) < 4.78 is 5.87. The average Bonchev–Trinajstić information content (AvgIpc) is 2.85. The molecule has 1 aliphatic heterocycles. The summed E-state index contributed by atoms with van der Waals surface area (Å²) in [7, 11) is 0. The van der Waals surface area contributed by atoms with Gasteiger partial charge in [-0.2, -0.15) is 0 Å². The maximum absolute atomic E-state index is 8.86. The number of para-hydroxylation sites is 2. The van der Waals surface area contributed by atoms with E-state index in [0.29, 0.717) is 12.6 Å². The summed E-state index contributed by atoms with van der Waals surface area (Å²) in [5, 5.41) is 12.2. The minimum Gasteiger partial charge on any atom is -0.489 e. The molecule has 1 aromatic carbocycles. The lowest BCUT2D eigenvalue weighted by molar-refractivity contribution is 0.243. The Hall–Kier alpha value is -1.26. The largest absolute Gasteiger partial charge is 0.489 e. The molecule has 0 bridgehead atoms. The zero-order chi connectivity index (χ0) is 13.7. The Bertz CT molecular complexity index is 395. The SMILES string of the molecule is CC(C)Oc1ccccc1N1CCC(NCCO)C1. The van der Waals surface area contributed by atoms with Crippen molar-refractivity contribution in [3.8, 4) is 5.75 Å². The minimum absolute atomic E-state index is 0.187. The fourth-order valence-corrected chi connectivity index (χ4v) is 2.49. The van der Waals surface area contributed by atoms with Crippen LogP contribution in [-0.4, -0.2) is 43.5 Å². The maximum Gasteiger partial charge on any atom is 0.142 e. The van der Waals surface area contributed by atoms with Gasteiger partial charge >= 0.3 is 0 Å². The van der Waals surface area contributed by atoms with Crippen LogP contribution in [0.1, 0.15) is 20.3 Å². The van der Waals surface area contributed by atoms with Gasteiger partial charge < -0.3 is 20.1 Å². The fraction of sp³-hybridized carbons (Fsp3) is 0.600. The van der Waals surface area contributed by atoms with E-state index in [2.05, 4.69) is 22.3 Å². The summed E-state index contributed by atoms with van der Waals surface area (Å²) in [5.74, 6) is 0.959. The van der Waals surface area contributed by atoms with E-state index in [4.69, 9.17) is 9.84 Å². The Morgan fingerprint density at radius 3 is 2.95 bits per heavy atom. The summed E-state index contributed by atoms with van der Waals surface area (Å²) in [6.45, 7) is 6.96. The molecular formula is C15H24N2O2. The number of nitrogens with one attached hydrogen (secondary N) is 1. The van der Waals surface area contributed by atoms with Crippen LogP contribution in [0.3, 0.4) is 0 Å². The van der Waals surface area contributed by atoms with E-state index in [1.165, 1.54) is 5.69 Å². The molecule has 1 fully saturated rings. The molecular weight excluding hydrogens is 240 g/mol. The molecule has 19 heavy (non-hydrogen) atoms. The molecule has 1 aliphatic rings. The Balaban J connectivity index is 2.02. The van der Waals surface area contributed by atoms with E-state index >= 15 is 0 Å². The first kappa shape index (κ1) is 14.2. The van der Waals surface area contributed by atoms with Crippen LogP contribution in [0, 0.1) is 0 Å². The van der Waals surface area contributed by atoms with E-state index in [9.17, 15) is 0 Å². The normalized spacial score (nSPS) is 19.2.